The predicted molar refractivity (Wildman–Crippen MR) is 356 cm³/mol. The zero-order chi connectivity index (χ0) is 70.1. The van der Waals surface area contributed by atoms with Crippen molar-refractivity contribution < 1.29 is 62.3 Å². The summed E-state index contributed by atoms with van der Waals surface area (Å²) < 4.78 is 0. The number of hydrogen-bond donors (Lipinski definition) is 15. The van der Waals surface area contributed by atoms with E-state index in [4.69, 9.17) is 40.1 Å². The summed E-state index contributed by atoms with van der Waals surface area (Å²) in [5, 5.41) is 21.1. The van der Waals surface area contributed by atoms with Gasteiger partial charge in [0.15, 0.2) is 5.96 Å². The first-order valence-electron chi connectivity index (χ1n) is 32.2. The Morgan fingerprint density at radius 3 is 1.51 bits per heavy atom. The Morgan fingerprint density at radius 2 is 1.01 bits per heavy atom. The van der Waals surface area contributed by atoms with Gasteiger partial charge in [-0.25, -0.2) is 0 Å². The molecule has 2 heterocycles. The van der Waals surface area contributed by atoms with Gasteiger partial charge in [-0.1, -0.05) is 74.5 Å². The molecule has 0 saturated carbocycles. The van der Waals surface area contributed by atoms with Gasteiger partial charge < -0.3 is 92.5 Å². The summed E-state index contributed by atoms with van der Waals surface area (Å²) in [5.41, 5.74) is 40.6. The fourth-order valence-electron chi connectivity index (χ4n) is 11.0. The molecule has 2 aromatic carbocycles. The molecule has 31 nitrogen and oxygen atoms in total. The Bertz CT molecular complexity index is 2960. The van der Waals surface area contributed by atoms with E-state index >= 15 is 0 Å². The summed E-state index contributed by atoms with van der Waals surface area (Å²) in [6, 6.07) is 4.51. The molecule has 95 heavy (non-hydrogen) atoms. The van der Waals surface area contributed by atoms with Crippen LogP contribution in [0.25, 0.3) is 0 Å². The highest BCUT2D eigenvalue weighted by Crippen LogP contribution is 2.24. The van der Waals surface area contributed by atoms with Gasteiger partial charge in [-0.15, -0.1) is 0 Å². The molecule has 2 aromatic rings. The first-order chi connectivity index (χ1) is 45.2. The van der Waals surface area contributed by atoms with E-state index < -0.39 is 169 Å². The van der Waals surface area contributed by atoms with Crippen LogP contribution in [-0.2, 0) is 75.2 Å². The van der Waals surface area contributed by atoms with E-state index in [0.717, 1.165) is 0 Å². The monoisotopic (exact) mass is 1350 g/mol. The van der Waals surface area contributed by atoms with Crippen LogP contribution in [0.4, 0.5) is 0 Å². The lowest BCUT2D eigenvalue weighted by Crippen LogP contribution is -2.60. The van der Waals surface area contributed by atoms with E-state index in [9.17, 15) is 62.3 Å². The summed E-state index contributed by atoms with van der Waals surface area (Å²) >= 11 is 1.45. The van der Waals surface area contributed by atoms with Crippen molar-refractivity contribution >= 4 is 94.5 Å². The number of nitrogens with one attached hydrogen (secondary N) is 8. The number of nitrogens with zero attached hydrogens (tertiary/aromatic N) is 3. The van der Waals surface area contributed by atoms with Crippen LogP contribution in [0.2, 0.25) is 0 Å². The number of carbonyl (C=O) groups excluding carboxylic acids is 13. The number of carbonyl (C=O) groups is 13. The highest BCUT2D eigenvalue weighted by atomic mass is 32.2. The third kappa shape index (κ3) is 27.5. The highest BCUT2D eigenvalue weighted by Gasteiger charge is 2.42. The van der Waals surface area contributed by atoms with Gasteiger partial charge in [-0.3, -0.25) is 67.3 Å². The normalized spacial score (nSPS) is 16.8. The zero-order valence-electron chi connectivity index (χ0n) is 54.5. The number of hydrogen-bond acceptors (Lipinski definition) is 17. The molecule has 524 valence electrons. The topological polar surface area (TPSA) is 519 Å². The summed E-state index contributed by atoms with van der Waals surface area (Å²) in [4.78, 5) is 185. The molecule has 0 unspecified atom stereocenters. The number of amides is 13. The first-order valence-corrected chi connectivity index (χ1v) is 33.6. The van der Waals surface area contributed by atoms with Crippen molar-refractivity contribution in [1.29, 1.82) is 0 Å². The molecule has 0 aliphatic carbocycles. The number of guanidine groups is 1. The van der Waals surface area contributed by atoms with Crippen LogP contribution in [-0.4, -0.2) is 198 Å². The van der Waals surface area contributed by atoms with Gasteiger partial charge in [-0.2, -0.15) is 11.8 Å². The molecule has 2 aliphatic rings. The summed E-state index contributed by atoms with van der Waals surface area (Å²) in [6.07, 6.45) is 3.12. The second-order valence-electron chi connectivity index (χ2n) is 24.1. The third-order valence-corrected chi connectivity index (χ3v) is 16.7. The molecule has 0 radical (unpaired) electrons. The number of rotatable bonds is 42. The fraction of sp³-hybridized carbons (Fsp3) is 0.587. The fourth-order valence-corrected chi connectivity index (χ4v) is 11.5. The van der Waals surface area contributed by atoms with E-state index in [-0.39, 0.29) is 83.0 Å². The Balaban J connectivity index is 1.56. The molecule has 2 fully saturated rings. The largest absolute Gasteiger partial charge is 0.370 e. The van der Waals surface area contributed by atoms with E-state index in [1.54, 1.807) is 60.7 Å². The second kappa shape index (κ2) is 41.0. The molecule has 2 saturated heterocycles. The maximum absolute atomic E-state index is 14.7. The van der Waals surface area contributed by atoms with E-state index in [0.29, 0.717) is 55.4 Å². The van der Waals surface area contributed by atoms with Gasteiger partial charge in [0, 0.05) is 45.3 Å². The SMILES string of the molecule is CSCC[C@H](NC(=O)[C@@H](CC(C)C)NC(=O)CNC(=O)[C@H](Cc1ccccc1)NC(=O)[C@@H](Cc1ccccc1)NC(=O)[C@@H](CCC(N)=O)NC(=O)[C@@H](CCC(N)=O)NC(=O)[C@H]1CCCN1C(=O)[C@H](CCCCN)NC(=O)[C@H]1CCCN1C(=O)[C@H](N)CCCN=C(N)N)C(N)=O. The van der Waals surface area contributed by atoms with Crippen molar-refractivity contribution in [2.45, 2.75) is 183 Å². The first kappa shape index (κ1) is 78.5. The second-order valence-corrected chi connectivity index (χ2v) is 25.1. The van der Waals surface area contributed by atoms with E-state index in [1.807, 2.05) is 20.1 Å². The molecule has 22 N–H and O–H groups in total. The van der Waals surface area contributed by atoms with Gasteiger partial charge in [0.05, 0.1) is 12.6 Å². The van der Waals surface area contributed by atoms with Crippen molar-refractivity contribution in [3.8, 4) is 0 Å². The molecule has 10 atom stereocenters. The van der Waals surface area contributed by atoms with Gasteiger partial charge >= 0.3 is 0 Å². The van der Waals surface area contributed by atoms with Crippen LogP contribution in [0.15, 0.2) is 65.7 Å². The number of benzene rings is 2. The quantitative estimate of drug-likeness (QED) is 0.0173. The maximum atomic E-state index is 14.7. The average Bonchev–Trinajstić information content (AvgIpc) is 1.74. The number of thioether (sulfide) groups is 1. The van der Waals surface area contributed by atoms with Crippen molar-refractivity contribution in [3.63, 3.8) is 0 Å². The van der Waals surface area contributed by atoms with Gasteiger partial charge in [0.2, 0.25) is 76.8 Å². The third-order valence-electron chi connectivity index (χ3n) is 16.0. The molecular weight excluding hydrogens is 1250 g/mol. The summed E-state index contributed by atoms with van der Waals surface area (Å²) in [7, 11) is 0. The molecule has 13 amide bonds. The Morgan fingerprint density at radius 1 is 0.537 bits per heavy atom. The Hall–Kier alpha value is -8.91. The van der Waals surface area contributed by atoms with Crippen LogP contribution in [0.5, 0.6) is 0 Å². The van der Waals surface area contributed by atoms with E-state index in [1.165, 1.54) is 21.6 Å². The van der Waals surface area contributed by atoms with Crippen LogP contribution in [0.1, 0.15) is 121 Å². The zero-order valence-corrected chi connectivity index (χ0v) is 55.3. The molecule has 4 rings (SSSR count). The van der Waals surface area contributed by atoms with Gasteiger partial charge in [0.1, 0.15) is 54.4 Å². The van der Waals surface area contributed by atoms with Crippen molar-refractivity contribution in [3.05, 3.63) is 71.8 Å². The lowest BCUT2D eigenvalue weighted by Gasteiger charge is -2.32. The lowest BCUT2D eigenvalue weighted by molar-refractivity contribution is -0.144. The standard InChI is InChI=1S/C63H98N18O13S/c1-37(2)33-45(57(89)74-41(53(68)85)27-32-95-3)73-52(84)36-72-54(86)46(34-38-15-6-4-7-16-38)78-58(90)47(35-39-17-8-5-9-18-39)79-56(88)42(23-25-50(66)82)75-55(87)43(24-26-51(67)83)76-59(91)49-22-14-31-81(49)62(94)44(20-10-11-28-64)77-60(92)48-21-13-30-80(48)61(93)40(65)19-12-29-71-63(69)70/h4-9,15-18,37,40-49H,10-14,19-36,64-65H2,1-3H3,(H2,66,82)(H2,67,83)(H2,68,85)(H,72,86)(H,73,84)(H,74,89)(H,75,87)(H,76,91)(H,77,92)(H,78,90)(H,79,88)(H4,69,70,71)/t40-,41+,42-,43-,44+,45-,46+,47-,48-,49-/m1/s1. The maximum Gasteiger partial charge on any atom is 0.245 e. The molecule has 32 heteroatoms. The van der Waals surface area contributed by atoms with Crippen LogP contribution >= 0.6 is 11.8 Å². The minimum absolute atomic E-state index is 0.0736. The number of likely N-dealkylation sites (tertiary alicyclic amines) is 2. The molecule has 0 aromatic heterocycles. The van der Waals surface area contributed by atoms with E-state index in [2.05, 4.69) is 47.5 Å². The van der Waals surface area contributed by atoms with Crippen molar-refractivity contribution in [1.82, 2.24) is 52.3 Å². The summed E-state index contributed by atoms with van der Waals surface area (Å²) in [5.74, 6) is -9.80. The smallest absolute Gasteiger partial charge is 0.245 e. The van der Waals surface area contributed by atoms with Gasteiger partial charge in [0.25, 0.3) is 0 Å². The summed E-state index contributed by atoms with van der Waals surface area (Å²) in [6.45, 7) is 3.86. The molecular formula is C63H98N18O13S. The Kier molecular flexibility index (Phi) is 33.9. The van der Waals surface area contributed by atoms with Gasteiger partial charge in [-0.05, 0) is 119 Å². The lowest BCUT2D eigenvalue weighted by atomic mass is 10.0. The Labute approximate surface area is 558 Å². The highest BCUT2D eigenvalue weighted by molar-refractivity contribution is 7.98. The van der Waals surface area contributed by atoms with Crippen LogP contribution in [0.3, 0.4) is 0 Å². The number of aliphatic imine (C=N–C) groups is 1. The minimum atomic E-state index is -1.64. The van der Waals surface area contributed by atoms with Crippen molar-refractivity contribution in [2.24, 2.45) is 51.0 Å². The minimum Gasteiger partial charge on any atom is -0.370 e. The number of unbranched alkanes of at least 4 members (excludes halogenated alkanes) is 1. The van der Waals surface area contributed by atoms with Crippen LogP contribution < -0.4 is 82.7 Å². The number of primary amides is 3. The number of nitrogens with two attached hydrogens (primary N) is 7. The average molecular weight is 1350 g/mol. The molecule has 0 bridgehead atoms. The molecule has 0 spiro atoms. The van der Waals surface area contributed by atoms with Crippen LogP contribution in [0, 0.1) is 5.92 Å². The predicted octanol–water partition coefficient (Wildman–Crippen LogP) is -3.71. The molecule has 2 aliphatic heterocycles. The van der Waals surface area contributed by atoms with Crippen molar-refractivity contribution in [2.75, 3.05) is 44.7 Å².